The minimum absolute atomic E-state index is 0.0868. The van der Waals surface area contributed by atoms with Crippen molar-refractivity contribution >= 4 is 11.7 Å². The summed E-state index contributed by atoms with van der Waals surface area (Å²) in [5, 5.41) is 3.26. The fourth-order valence-electron chi connectivity index (χ4n) is 2.22. The zero-order valence-corrected chi connectivity index (χ0v) is 14.2. The summed E-state index contributed by atoms with van der Waals surface area (Å²) in [5.41, 5.74) is 1.59. The first kappa shape index (κ1) is 17.5. The van der Waals surface area contributed by atoms with Crippen molar-refractivity contribution in [3.8, 4) is 0 Å². The van der Waals surface area contributed by atoms with Gasteiger partial charge in [0.2, 0.25) is 0 Å². The van der Waals surface area contributed by atoms with E-state index in [2.05, 4.69) is 44.9 Å². The molecule has 0 unspecified atom stereocenters. The average molecular weight is 291 g/mol. The number of anilines is 1. The van der Waals surface area contributed by atoms with Crippen LogP contribution in [-0.2, 0) is 0 Å². The average Bonchev–Trinajstić information content (AvgIpc) is 2.40. The van der Waals surface area contributed by atoms with Crippen molar-refractivity contribution in [3.05, 3.63) is 23.4 Å². The van der Waals surface area contributed by atoms with Gasteiger partial charge in [0.15, 0.2) is 0 Å². The van der Waals surface area contributed by atoms with Gasteiger partial charge in [0.25, 0.3) is 5.91 Å². The van der Waals surface area contributed by atoms with Gasteiger partial charge in [-0.2, -0.15) is 0 Å². The third kappa shape index (κ3) is 5.37. The minimum atomic E-state index is 0.0868. The molecule has 1 heterocycles. The molecule has 0 aromatic carbocycles. The van der Waals surface area contributed by atoms with Crippen LogP contribution in [0.5, 0.6) is 0 Å². The molecular weight excluding hydrogens is 262 g/mol. The maximum atomic E-state index is 12.8. The Morgan fingerprint density at radius 1 is 1.29 bits per heavy atom. The fraction of sp³-hybridized carbons (Fsp3) is 0.647. The number of aromatic nitrogens is 1. The molecule has 0 radical (unpaired) electrons. The topological polar surface area (TPSA) is 45.2 Å². The van der Waals surface area contributed by atoms with E-state index >= 15 is 0 Å². The van der Waals surface area contributed by atoms with E-state index in [0.29, 0.717) is 5.92 Å². The zero-order chi connectivity index (χ0) is 16.0. The van der Waals surface area contributed by atoms with Gasteiger partial charge in [-0.25, -0.2) is 4.98 Å². The minimum Gasteiger partial charge on any atom is -0.370 e. The van der Waals surface area contributed by atoms with Gasteiger partial charge in [-0.15, -0.1) is 0 Å². The van der Waals surface area contributed by atoms with Gasteiger partial charge in [0.05, 0.1) is 0 Å². The maximum Gasteiger partial charge on any atom is 0.254 e. The van der Waals surface area contributed by atoms with Crippen molar-refractivity contribution in [1.29, 1.82) is 0 Å². The highest BCUT2D eigenvalue weighted by Crippen LogP contribution is 2.15. The van der Waals surface area contributed by atoms with Crippen LogP contribution in [0.4, 0.5) is 5.82 Å². The molecule has 1 aromatic heterocycles. The van der Waals surface area contributed by atoms with E-state index in [1.807, 2.05) is 24.0 Å². The van der Waals surface area contributed by atoms with Gasteiger partial charge in [0.1, 0.15) is 5.82 Å². The van der Waals surface area contributed by atoms with Crippen molar-refractivity contribution in [2.45, 2.75) is 54.0 Å². The SMILES string of the molecule is CCCNc1cc(C(=O)N(CC(C)C)C(C)C)cc(C)n1. The second-order valence-electron chi connectivity index (χ2n) is 6.25. The Balaban J connectivity index is 3.01. The molecule has 0 aliphatic heterocycles. The van der Waals surface area contributed by atoms with E-state index < -0.39 is 0 Å². The second-order valence-corrected chi connectivity index (χ2v) is 6.25. The number of carbonyl (C=O) groups is 1. The van der Waals surface area contributed by atoms with Crippen LogP contribution in [0.1, 0.15) is 57.1 Å². The highest BCUT2D eigenvalue weighted by molar-refractivity contribution is 5.95. The summed E-state index contributed by atoms with van der Waals surface area (Å²) in [4.78, 5) is 19.1. The molecule has 118 valence electrons. The molecule has 1 amide bonds. The summed E-state index contributed by atoms with van der Waals surface area (Å²) in [5.74, 6) is 1.33. The van der Waals surface area contributed by atoms with Crippen LogP contribution in [0.15, 0.2) is 12.1 Å². The van der Waals surface area contributed by atoms with E-state index in [-0.39, 0.29) is 11.9 Å². The number of hydrogen-bond acceptors (Lipinski definition) is 3. The summed E-state index contributed by atoms with van der Waals surface area (Å²) in [6.07, 6.45) is 1.03. The number of hydrogen-bond donors (Lipinski definition) is 1. The van der Waals surface area contributed by atoms with Crippen LogP contribution in [0.25, 0.3) is 0 Å². The number of amides is 1. The number of carbonyl (C=O) groups excluding carboxylic acids is 1. The molecule has 1 rings (SSSR count). The monoisotopic (exact) mass is 291 g/mol. The summed E-state index contributed by atoms with van der Waals surface area (Å²) < 4.78 is 0. The zero-order valence-electron chi connectivity index (χ0n) is 14.2. The molecule has 1 N–H and O–H groups in total. The third-order valence-corrected chi connectivity index (χ3v) is 3.20. The van der Waals surface area contributed by atoms with Crippen LogP contribution in [0.3, 0.4) is 0 Å². The first-order chi connectivity index (χ1) is 9.85. The van der Waals surface area contributed by atoms with Crippen molar-refractivity contribution in [2.24, 2.45) is 5.92 Å². The van der Waals surface area contributed by atoms with Crippen LogP contribution in [0.2, 0.25) is 0 Å². The van der Waals surface area contributed by atoms with E-state index in [0.717, 1.165) is 36.6 Å². The molecule has 0 bridgehead atoms. The molecule has 4 nitrogen and oxygen atoms in total. The van der Waals surface area contributed by atoms with Crippen LogP contribution in [-0.4, -0.2) is 34.9 Å². The first-order valence-electron chi connectivity index (χ1n) is 7.88. The second kappa shape index (κ2) is 8.01. The molecule has 0 spiro atoms. The predicted octanol–water partition coefficient (Wildman–Crippen LogP) is 3.72. The Hall–Kier alpha value is -1.58. The highest BCUT2D eigenvalue weighted by Gasteiger charge is 2.20. The lowest BCUT2D eigenvalue weighted by molar-refractivity contribution is 0.0682. The molecule has 0 fully saturated rings. The molecule has 0 aliphatic rings. The van der Waals surface area contributed by atoms with Crippen molar-refractivity contribution in [3.63, 3.8) is 0 Å². The van der Waals surface area contributed by atoms with Crippen molar-refractivity contribution in [1.82, 2.24) is 9.88 Å². The molecular formula is C17H29N3O. The van der Waals surface area contributed by atoms with Crippen LogP contribution < -0.4 is 5.32 Å². The van der Waals surface area contributed by atoms with E-state index in [9.17, 15) is 4.79 Å². The highest BCUT2D eigenvalue weighted by atomic mass is 16.2. The number of pyridine rings is 1. The van der Waals surface area contributed by atoms with E-state index in [1.54, 1.807) is 0 Å². The number of aryl methyl sites for hydroxylation is 1. The molecule has 0 saturated carbocycles. The Bertz CT molecular complexity index is 469. The van der Waals surface area contributed by atoms with Crippen molar-refractivity contribution < 1.29 is 4.79 Å². The van der Waals surface area contributed by atoms with Crippen molar-refractivity contribution in [2.75, 3.05) is 18.4 Å². The molecule has 21 heavy (non-hydrogen) atoms. The molecule has 0 atom stereocenters. The maximum absolute atomic E-state index is 12.8. The van der Waals surface area contributed by atoms with Gasteiger partial charge in [-0.05, 0) is 45.2 Å². The molecule has 1 aromatic rings. The molecule has 0 saturated heterocycles. The first-order valence-corrected chi connectivity index (χ1v) is 7.88. The standard InChI is InChI=1S/C17H29N3O/c1-7-8-18-16-10-15(9-14(6)19-16)17(21)20(13(4)5)11-12(2)3/h9-10,12-13H,7-8,11H2,1-6H3,(H,18,19). The summed E-state index contributed by atoms with van der Waals surface area (Å²) >= 11 is 0. The summed E-state index contributed by atoms with van der Waals surface area (Å²) in [6.45, 7) is 14.1. The Kier molecular flexibility index (Phi) is 6.66. The van der Waals surface area contributed by atoms with E-state index in [4.69, 9.17) is 0 Å². The third-order valence-electron chi connectivity index (χ3n) is 3.20. The van der Waals surface area contributed by atoms with Gasteiger partial charge in [0, 0.05) is 30.4 Å². The van der Waals surface area contributed by atoms with Gasteiger partial charge in [-0.3, -0.25) is 4.79 Å². The normalized spacial score (nSPS) is 11.0. The van der Waals surface area contributed by atoms with Gasteiger partial charge >= 0.3 is 0 Å². The molecule has 0 aliphatic carbocycles. The lowest BCUT2D eigenvalue weighted by Gasteiger charge is -2.28. The lowest BCUT2D eigenvalue weighted by Crippen LogP contribution is -2.39. The Morgan fingerprint density at radius 3 is 2.48 bits per heavy atom. The molecule has 4 heteroatoms. The van der Waals surface area contributed by atoms with Gasteiger partial charge in [-0.1, -0.05) is 20.8 Å². The van der Waals surface area contributed by atoms with Crippen LogP contribution >= 0.6 is 0 Å². The number of nitrogens with one attached hydrogen (secondary N) is 1. The lowest BCUT2D eigenvalue weighted by atomic mass is 10.1. The summed E-state index contributed by atoms with van der Waals surface area (Å²) in [6, 6.07) is 3.93. The smallest absolute Gasteiger partial charge is 0.254 e. The number of rotatable bonds is 7. The van der Waals surface area contributed by atoms with Gasteiger partial charge < -0.3 is 10.2 Å². The largest absolute Gasteiger partial charge is 0.370 e. The Morgan fingerprint density at radius 2 is 1.95 bits per heavy atom. The predicted molar refractivity (Wildman–Crippen MR) is 88.8 cm³/mol. The summed E-state index contributed by atoms with van der Waals surface area (Å²) in [7, 11) is 0. The fourth-order valence-corrected chi connectivity index (χ4v) is 2.22. The van der Waals surface area contributed by atoms with E-state index in [1.165, 1.54) is 0 Å². The Labute approximate surface area is 129 Å². The van der Waals surface area contributed by atoms with Crippen LogP contribution in [0, 0.1) is 12.8 Å². The number of nitrogens with zero attached hydrogens (tertiary/aromatic N) is 2. The quantitative estimate of drug-likeness (QED) is 0.832.